The average Bonchev–Trinajstić information content (AvgIpc) is 2.42. The number of nitrogens with two attached hydrogens (primary N) is 1. The smallest absolute Gasteiger partial charge is 0.241 e. The maximum atomic E-state index is 10.5. The Morgan fingerprint density at radius 3 is 1.67 bits per heavy atom. The van der Waals surface area contributed by atoms with Gasteiger partial charge >= 0.3 is 0 Å². The molecule has 21 heavy (non-hydrogen) atoms. The number of primary amides is 1. The minimum atomic E-state index is -0.334. The Hall–Kier alpha value is -0.790. The predicted octanol–water partition coefficient (Wildman–Crippen LogP) is 5.76. The summed E-state index contributed by atoms with van der Waals surface area (Å²) in [7, 11) is 0. The van der Waals surface area contributed by atoms with Crippen molar-refractivity contribution < 1.29 is 4.79 Å². The molecule has 0 aliphatic carbocycles. The molecule has 0 spiro atoms. The van der Waals surface area contributed by atoms with Gasteiger partial charge in [0.15, 0.2) is 0 Å². The molecule has 0 aliphatic rings. The quantitative estimate of drug-likeness (QED) is 0.303. The van der Waals surface area contributed by atoms with Gasteiger partial charge in [-0.3, -0.25) is 4.79 Å². The summed E-state index contributed by atoms with van der Waals surface area (Å²) in [5.41, 5.74) is 5.03. The molecular weight excluding hydrogens is 258 g/mol. The zero-order valence-electron chi connectivity index (χ0n) is 14.4. The molecule has 0 rings (SSSR count). The van der Waals surface area contributed by atoms with Crippen molar-refractivity contribution in [3.8, 4) is 0 Å². The van der Waals surface area contributed by atoms with Crippen molar-refractivity contribution in [1.82, 2.24) is 0 Å². The number of unbranched alkanes of at least 4 members (excludes halogenated alkanes) is 11. The van der Waals surface area contributed by atoms with Crippen LogP contribution in [0.1, 0.15) is 97.3 Å². The number of rotatable bonds is 15. The molecule has 0 unspecified atom stereocenters. The first-order valence-electron chi connectivity index (χ1n) is 9.09. The summed E-state index contributed by atoms with van der Waals surface area (Å²) in [5.74, 6) is 0.537. The predicted molar refractivity (Wildman–Crippen MR) is 93.2 cm³/mol. The highest BCUT2D eigenvalue weighted by molar-refractivity contribution is 5.85. The Morgan fingerprint density at radius 1 is 0.810 bits per heavy atom. The van der Waals surface area contributed by atoms with Crippen molar-refractivity contribution in [1.29, 1.82) is 0 Å². The van der Waals surface area contributed by atoms with Gasteiger partial charge in [-0.05, 0) is 24.8 Å². The molecule has 2 N–H and O–H groups in total. The van der Waals surface area contributed by atoms with E-state index in [-0.39, 0.29) is 5.91 Å². The summed E-state index contributed by atoms with van der Waals surface area (Å²) in [5, 5.41) is 0. The lowest BCUT2D eigenvalue weighted by molar-refractivity contribution is -0.113. The number of amides is 1. The van der Waals surface area contributed by atoms with Crippen LogP contribution in [0.15, 0.2) is 12.2 Å². The SMILES string of the molecule is CC(C)CCCCCCCCCCCCC/C=C/C(N)=O. The third kappa shape index (κ3) is 19.2. The molecular formula is C19H37NO. The molecule has 0 aromatic heterocycles. The third-order valence-corrected chi connectivity index (χ3v) is 3.93. The lowest BCUT2D eigenvalue weighted by Gasteiger charge is -2.04. The van der Waals surface area contributed by atoms with E-state index < -0.39 is 0 Å². The molecule has 0 saturated carbocycles. The van der Waals surface area contributed by atoms with Gasteiger partial charge in [0.1, 0.15) is 0 Å². The van der Waals surface area contributed by atoms with Crippen LogP contribution in [-0.4, -0.2) is 5.91 Å². The fourth-order valence-electron chi connectivity index (χ4n) is 2.61. The van der Waals surface area contributed by atoms with Crippen LogP contribution >= 0.6 is 0 Å². The van der Waals surface area contributed by atoms with Gasteiger partial charge in [0, 0.05) is 0 Å². The van der Waals surface area contributed by atoms with Gasteiger partial charge in [-0.1, -0.05) is 90.6 Å². The normalized spacial score (nSPS) is 11.6. The van der Waals surface area contributed by atoms with E-state index in [1.807, 2.05) is 6.08 Å². The fraction of sp³-hybridized carbons (Fsp3) is 0.842. The molecule has 0 fully saturated rings. The van der Waals surface area contributed by atoms with Crippen LogP contribution in [0.5, 0.6) is 0 Å². The van der Waals surface area contributed by atoms with E-state index in [1.165, 1.54) is 83.1 Å². The molecule has 0 heterocycles. The first-order chi connectivity index (χ1) is 10.1. The lowest BCUT2D eigenvalue weighted by Crippen LogP contribution is -2.05. The second-order valence-electron chi connectivity index (χ2n) is 6.67. The number of hydrogen-bond donors (Lipinski definition) is 1. The molecule has 1 amide bonds. The second-order valence-corrected chi connectivity index (χ2v) is 6.67. The van der Waals surface area contributed by atoms with Crippen molar-refractivity contribution in [3.05, 3.63) is 12.2 Å². The summed E-state index contributed by atoms with van der Waals surface area (Å²) in [4.78, 5) is 10.5. The van der Waals surface area contributed by atoms with Crippen LogP contribution in [0, 0.1) is 5.92 Å². The van der Waals surface area contributed by atoms with E-state index in [2.05, 4.69) is 13.8 Å². The first-order valence-corrected chi connectivity index (χ1v) is 9.09. The Bertz CT molecular complexity index is 258. The van der Waals surface area contributed by atoms with Crippen LogP contribution in [0.2, 0.25) is 0 Å². The van der Waals surface area contributed by atoms with E-state index in [0.717, 1.165) is 12.3 Å². The van der Waals surface area contributed by atoms with Gasteiger partial charge in [-0.15, -0.1) is 0 Å². The summed E-state index contributed by atoms with van der Waals surface area (Å²) in [6.07, 6.45) is 20.8. The molecule has 0 radical (unpaired) electrons. The Kier molecular flexibility index (Phi) is 15.0. The van der Waals surface area contributed by atoms with Crippen LogP contribution < -0.4 is 5.73 Å². The highest BCUT2D eigenvalue weighted by Gasteiger charge is 1.95. The minimum Gasteiger partial charge on any atom is -0.366 e. The fourth-order valence-corrected chi connectivity index (χ4v) is 2.61. The van der Waals surface area contributed by atoms with Crippen LogP contribution in [-0.2, 0) is 4.79 Å². The van der Waals surface area contributed by atoms with E-state index in [4.69, 9.17) is 5.73 Å². The molecule has 0 saturated heterocycles. The molecule has 0 bridgehead atoms. The Labute approximate surface area is 132 Å². The number of allylic oxidation sites excluding steroid dienone is 1. The standard InChI is InChI=1S/C19H37NO/c1-18(2)16-14-12-10-8-6-4-3-5-7-9-11-13-15-17-19(20)21/h15,17-18H,3-14,16H2,1-2H3,(H2,20,21)/b17-15+. The van der Waals surface area contributed by atoms with Crippen molar-refractivity contribution >= 4 is 5.91 Å². The van der Waals surface area contributed by atoms with Gasteiger partial charge in [0.2, 0.25) is 5.91 Å². The van der Waals surface area contributed by atoms with E-state index in [1.54, 1.807) is 0 Å². The zero-order chi connectivity index (χ0) is 15.8. The summed E-state index contributed by atoms with van der Waals surface area (Å²) in [6.45, 7) is 4.63. The molecule has 0 aliphatic heterocycles. The Morgan fingerprint density at radius 2 is 1.24 bits per heavy atom. The average molecular weight is 296 g/mol. The zero-order valence-corrected chi connectivity index (χ0v) is 14.4. The van der Waals surface area contributed by atoms with Gasteiger partial charge in [0.05, 0.1) is 0 Å². The lowest BCUT2D eigenvalue weighted by atomic mass is 10.0. The first kappa shape index (κ1) is 20.2. The Balaban J connectivity index is 3.04. The topological polar surface area (TPSA) is 43.1 Å². The molecule has 0 aromatic carbocycles. The number of hydrogen-bond acceptors (Lipinski definition) is 1. The maximum absolute atomic E-state index is 10.5. The van der Waals surface area contributed by atoms with Crippen molar-refractivity contribution in [2.75, 3.05) is 0 Å². The monoisotopic (exact) mass is 295 g/mol. The molecule has 124 valence electrons. The molecule has 2 heteroatoms. The summed E-state index contributed by atoms with van der Waals surface area (Å²) < 4.78 is 0. The molecule has 2 nitrogen and oxygen atoms in total. The molecule has 0 atom stereocenters. The van der Waals surface area contributed by atoms with Gasteiger partial charge in [-0.2, -0.15) is 0 Å². The van der Waals surface area contributed by atoms with Gasteiger partial charge < -0.3 is 5.73 Å². The van der Waals surface area contributed by atoms with E-state index >= 15 is 0 Å². The number of carbonyl (C=O) groups excluding carboxylic acids is 1. The van der Waals surface area contributed by atoms with Crippen molar-refractivity contribution in [2.24, 2.45) is 11.7 Å². The maximum Gasteiger partial charge on any atom is 0.241 e. The van der Waals surface area contributed by atoms with Crippen LogP contribution in [0.3, 0.4) is 0 Å². The van der Waals surface area contributed by atoms with Gasteiger partial charge in [0.25, 0.3) is 0 Å². The third-order valence-electron chi connectivity index (χ3n) is 3.93. The van der Waals surface area contributed by atoms with Crippen molar-refractivity contribution in [2.45, 2.75) is 97.3 Å². The minimum absolute atomic E-state index is 0.334. The van der Waals surface area contributed by atoms with E-state index in [9.17, 15) is 4.79 Å². The second kappa shape index (κ2) is 15.6. The summed E-state index contributed by atoms with van der Waals surface area (Å²) in [6, 6.07) is 0. The van der Waals surface area contributed by atoms with Gasteiger partial charge in [-0.25, -0.2) is 0 Å². The molecule has 0 aromatic rings. The number of carbonyl (C=O) groups is 1. The van der Waals surface area contributed by atoms with Crippen LogP contribution in [0.25, 0.3) is 0 Å². The van der Waals surface area contributed by atoms with Crippen LogP contribution in [0.4, 0.5) is 0 Å². The highest BCUT2D eigenvalue weighted by atomic mass is 16.1. The van der Waals surface area contributed by atoms with E-state index in [0.29, 0.717) is 0 Å². The highest BCUT2D eigenvalue weighted by Crippen LogP contribution is 2.14. The summed E-state index contributed by atoms with van der Waals surface area (Å²) >= 11 is 0. The van der Waals surface area contributed by atoms with Crippen molar-refractivity contribution in [3.63, 3.8) is 0 Å². The largest absolute Gasteiger partial charge is 0.366 e.